The molecule has 0 spiro atoms. The quantitative estimate of drug-likeness (QED) is 0.278. The first-order chi connectivity index (χ1) is 18.2. The molecule has 4 aromatic rings. The van der Waals surface area contributed by atoms with Crippen molar-refractivity contribution in [2.75, 3.05) is 19.5 Å². The van der Waals surface area contributed by atoms with Gasteiger partial charge in [-0.25, -0.2) is 4.79 Å². The molecular weight excluding hydrogens is 476 g/mol. The fraction of sp³-hybridized carbons (Fsp3) is 0.312. The van der Waals surface area contributed by atoms with Crippen LogP contribution in [0.25, 0.3) is 22.0 Å². The van der Waals surface area contributed by atoms with E-state index in [9.17, 15) is 9.59 Å². The van der Waals surface area contributed by atoms with E-state index >= 15 is 0 Å². The van der Waals surface area contributed by atoms with E-state index in [4.69, 9.17) is 9.47 Å². The van der Waals surface area contributed by atoms with Gasteiger partial charge in [0.15, 0.2) is 0 Å². The molecule has 1 saturated carbocycles. The fourth-order valence-electron chi connectivity index (χ4n) is 4.88. The molecule has 1 aromatic heterocycles. The minimum absolute atomic E-state index is 0.00430. The van der Waals surface area contributed by atoms with Crippen LogP contribution in [0.5, 0.6) is 5.75 Å². The number of benzene rings is 3. The van der Waals surface area contributed by atoms with Gasteiger partial charge in [0.2, 0.25) is 5.91 Å². The Bertz CT molecular complexity index is 1510. The Hall–Kier alpha value is -4.06. The fourth-order valence-corrected chi connectivity index (χ4v) is 4.88. The molecule has 1 N–H and O–H groups in total. The van der Waals surface area contributed by atoms with E-state index in [0.29, 0.717) is 12.2 Å². The Morgan fingerprint density at radius 1 is 0.974 bits per heavy atom. The lowest BCUT2D eigenvalue weighted by Gasteiger charge is -2.19. The van der Waals surface area contributed by atoms with Crippen LogP contribution in [0.4, 0.5) is 5.69 Å². The number of nitrogens with zero attached hydrogens (tertiary/aromatic N) is 1. The minimum Gasteiger partial charge on any atom is -0.497 e. The van der Waals surface area contributed by atoms with Gasteiger partial charge in [0.25, 0.3) is 0 Å². The highest BCUT2D eigenvalue weighted by Crippen LogP contribution is 2.39. The number of aromatic nitrogens is 1. The molecule has 6 nitrogen and oxygen atoms in total. The molecule has 1 heterocycles. The highest BCUT2D eigenvalue weighted by Gasteiger charge is 2.30. The highest BCUT2D eigenvalue weighted by atomic mass is 16.5. The number of hydrogen-bond acceptors (Lipinski definition) is 4. The number of hydrogen-bond donors (Lipinski definition) is 1. The molecule has 0 radical (unpaired) electrons. The summed E-state index contributed by atoms with van der Waals surface area (Å²) in [6.07, 6.45) is 1.87. The van der Waals surface area contributed by atoms with Crippen molar-refractivity contribution in [2.45, 2.75) is 45.6 Å². The number of amides is 1. The van der Waals surface area contributed by atoms with Crippen molar-refractivity contribution in [3.8, 4) is 16.9 Å². The first kappa shape index (κ1) is 25.6. The summed E-state index contributed by atoms with van der Waals surface area (Å²) in [6, 6.07) is 22.0. The second kappa shape index (κ2) is 10.0. The van der Waals surface area contributed by atoms with Crippen LogP contribution in [0.15, 0.2) is 66.7 Å². The highest BCUT2D eigenvalue weighted by molar-refractivity contribution is 6.10. The predicted molar refractivity (Wildman–Crippen MR) is 151 cm³/mol. The summed E-state index contributed by atoms with van der Waals surface area (Å²) in [4.78, 5) is 25.9. The Morgan fingerprint density at radius 3 is 2.34 bits per heavy atom. The van der Waals surface area contributed by atoms with Crippen molar-refractivity contribution < 1.29 is 19.1 Å². The maximum absolute atomic E-state index is 13.4. The smallest absolute Gasteiger partial charge is 0.355 e. The molecule has 196 valence electrons. The molecule has 1 aliphatic carbocycles. The summed E-state index contributed by atoms with van der Waals surface area (Å²) in [5, 5.41) is 3.94. The van der Waals surface area contributed by atoms with E-state index in [1.807, 2.05) is 47.0 Å². The number of fused-ring (bicyclic) bond motifs is 1. The number of ether oxygens (including phenoxy) is 2. The summed E-state index contributed by atoms with van der Waals surface area (Å²) in [6.45, 7) is 6.98. The Morgan fingerprint density at radius 2 is 1.71 bits per heavy atom. The predicted octanol–water partition coefficient (Wildman–Crippen LogP) is 6.80. The van der Waals surface area contributed by atoms with Crippen molar-refractivity contribution in [3.63, 3.8) is 0 Å². The Kier molecular flexibility index (Phi) is 6.74. The standard InChI is InChI=1S/C32H34N2O4/c1-32(2,3)23-13-11-21(12-14-23)28-26-18-24(33-30(35)22-9-10-22)15-16-27(26)34(29(28)31(36)38-5)19-20-7-6-8-25(17-20)37-4/h6-8,11-18,22H,9-10,19H2,1-5H3,(H,33,35). The molecule has 0 saturated heterocycles. The van der Waals surface area contributed by atoms with E-state index < -0.39 is 5.97 Å². The van der Waals surface area contributed by atoms with Crippen molar-refractivity contribution >= 4 is 28.5 Å². The van der Waals surface area contributed by atoms with E-state index in [1.54, 1.807) is 7.11 Å². The molecular formula is C32H34N2O4. The maximum Gasteiger partial charge on any atom is 0.355 e. The third kappa shape index (κ3) is 5.03. The van der Waals surface area contributed by atoms with Crippen LogP contribution >= 0.6 is 0 Å². The first-order valence-electron chi connectivity index (χ1n) is 13.0. The third-order valence-corrected chi connectivity index (χ3v) is 7.17. The SMILES string of the molecule is COC(=O)c1c(-c2ccc(C(C)(C)C)cc2)c2cc(NC(=O)C3CC3)ccc2n1Cc1cccc(OC)c1. The average molecular weight is 511 g/mol. The van der Waals surface area contributed by atoms with Gasteiger partial charge in [-0.2, -0.15) is 0 Å². The van der Waals surface area contributed by atoms with Crippen LogP contribution in [0.3, 0.4) is 0 Å². The molecule has 1 fully saturated rings. The largest absolute Gasteiger partial charge is 0.497 e. The summed E-state index contributed by atoms with van der Waals surface area (Å²) in [7, 11) is 3.05. The Labute approximate surface area is 223 Å². The van der Waals surface area contributed by atoms with E-state index in [1.165, 1.54) is 12.7 Å². The maximum atomic E-state index is 13.4. The monoisotopic (exact) mass is 510 g/mol. The normalized spacial score (nSPS) is 13.4. The average Bonchev–Trinajstić information content (AvgIpc) is 3.72. The van der Waals surface area contributed by atoms with Gasteiger partial charge >= 0.3 is 5.97 Å². The van der Waals surface area contributed by atoms with Crippen LogP contribution in [-0.4, -0.2) is 30.7 Å². The van der Waals surface area contributed by atoms with Gasteiger partial charge in [0.1, 0.15) is 11.4 Å². The lowest BCUT2D eigenvalue weighted by atomic mass is 9.86. The van der Waals surface area contributed by atoms with E-state index in [0.717, 1.165) is 51.9 Å². The summed E-state index contributed by atoms with van der Waals surface area (Å²) in [5.74, 6) is 0.479. The lowest BCUT2D eigenvalue weighted by Crippen LogP contribution is -2.13. The number of rotatable bonds is 7. The third-order valence-electron chi connectivity index (χ3n) is 7.17. The zero-order valence-electron chi connectivity index (χ0n) is 22.6. The van der Waals surface area contributed by atoms with Crippen molar-refractivity contribution in [1.82, 2.24) is 4.57 Å². The molecule has 0 bridgehead atoms. The molecule has 1 amide bonds. The second-order valence-electron chi connectivity index (χ2n) is 11.0. The van der Waals surface area contributed by atoms with Crippen molar-refractivity contribution in [1.29, 1.82) is 0 Å². The molecule has 6 heteroatoms. The van der Waals surface area contributed by atoms with Crippen LogP contribution in [0.1, 0.15) is 55.2 Å². The molecule has 0 aliphatic heterocycles. The molecule has 38 heavy (non-hydrogen) atoms. The van der Waals surface area contributed by atoms with Gasteiger partial charge in [-0.15, -0.1) is 0 Å². The number of carbonyl (C=O) groups excluding carboxylic acids is 2. The number of carbonyl (C=O) groups is 2. The van der Waals surface area contributed by atoms with Crippen LogP contribution < -0.4 is 10.1 Å². The first-order valence-corrected chi connectivity index (χ1v) is 13.0. The second-order valence-corrected chi connectivity index (χ2v) is 11.0. The van der Waals surface area contributed by atoms with Gasteiger partial charge in [-0.1, -0.05) is 57.2 Å². The molecule has 3 aromatic carbocycles. The van der Waals surface area contributed by atoms with E-state index in [-0.39, 0.29) is 17.2 Å². The number of nitrogens with one attached hydrogen (secondary N) is 1. The van der Waals surface area contributed by atoms with Gasteiger partial charge in [-0.3, -0.25) is 4.79 Å². The van der Waals surface area contributed by atoms with E-state index in [2.05, 4.69) is 50.4 Å². The number of methoxy groups -OCH3 is 2. The number of anilines is 1. The molecule has 0 unspecified atom stereocenters. The van der Waals surface area contributed by atoms with Gasteiger partial charge in [-0.05, 0) is 65.3 Å². The number of esters is 1. The summed E-state index contributed by atoms with van der Waals surface area (Å²) < 4.78 is 12.7. The Balaban J connectivity index is 1.72. The molecule has 5 rings (SSSR count). The van der Waals surface area contributed by atoms with Crippen LogP contribution in [0, 0.1) is 5.92 Å². The summed E-state index contributed by atoms with van der Waals surface area (Å²) >= 11 is 0. The van der Waals surface area contributed by atoms with Gasteiger partial charge in [0.05, 0.1) is 14.2 Å². The van der Waals surface area contributed by atoms with Crippen molar-refractivity contribution in [3.05, 3.63) is 83.6 Å². The van der Waals surface area contributed by atoms with Crippen molar-refractivity contribution in [2.24, 2.45) is 5.92 Å². The van der Waals surface area contributed by atoms with Crippen LogP contribution in [0.2, 0.25) is 0 Å². The van der Waals surface area contributed by atoms with Gasteiger partial charge < -0.3 is 19.4 Å². The summed E-state index contributed by atoms with van der Waals surface area (Å²) in [5.41, 5.74) is 5.98. The van der Waals surface area contributed by atoms with Gasteiger partial charge in [0, 0.05) is 34.6 Å². The topological polar surface area (TPSA) is 69.6 Å². The molecule has 0 atom stereocenters. The zero-order valence-corrected chi connectivity index (χ0v) is 22.6. The minimum atomic E-state index is -0.414. The van der Waals surface area contributed by atoms with Crippen LogP contribution in [-0.2, 0) is 21.5 Å². The molecule has 1 aliphatic rings. The lowest BCUT2D eigenvalue weighted by molar-refractivity contribution is -0.117. The zero-order chi connectivity index (χ0) is 27.0.